The summed E-state index contributed by atoms with van der Waals surface area (Å²) in [6.07, 6.45) is 3.46. The molecule has 1 aliphatic rings. The lowest BCUT2D eigenvalue weighted by atomic mass is 9.93. The van der Waals surface area contributed by atoms with Crippen LogP contribution in [0.25, 0.3) is 0 Å². The van der Waals surface area contributed by atoms with Crippen LogP contribution in [-0.2, 0) is 0 Å². The van der Waals surface area contributed by atoms with Gasteiger partial charge in [-0.15, -0.1) is 0 Å². The molecule has 1 aromatic rings. The first-order valence-corrected chi connectivity index (χ1v) is 9.09. The van der Waals surface area contributed by atoms with E-state index in [2.05, 4.69) is 15.6 Å². The SMILES string of the molecule is CCNC(=NCC(C)Oc1cccc(Cl)c1)NC1CCC(O)CC1. The maximum atomic E-state index is 9.60. The average molecular weight is 354 g/mol. The molecule has 6 heteroatoms. The third-order valence-corrected chi connectivity index (χ3v) is 4.26. The summed E-state index contributed by atoms with van der Waals surface area (Å²) in [6.45, 7) is 5.40. The second-order valence-corrected chi connectivity index (χ2v) is 6.69. The second kappa shape index (κ2) is 9.74. The van der Waals surface area contributed by atoms with E-state index in [1.54, 1.807) is 6.07 Å². The van der Waals surface area contributed by atoms with E-state index in [-0.39, 0.29) is 12.2 Å². The van der Waals surface area contributed by atoms with Gasteiger partial charge in [-0.3, -0.25) is 0 Å². The molecule has 1 aliphatic carbocycles. The normalized spacial score (nSPS) is 22.8. The van der Waals surface area contributed by atoms with Gasteiger partial charge < -0.3 is 20.5 Å². The number of guanidine groups is 1. The van der Waals surface area contributed by atoms with Gasteiger partial charge in [0.1, 0.15) is 11.9 Å². The van der Waals surface area contributed by atoms with Gasteiger partial charge in [-0.1, -0.05) is 17.7 Å². The first-order chi connectivity index (χ1) is 11.6. The Hall–Kier alpha value is -1.46. The minimum absolute atomic E-state index is 0.0490. The van der Waals surface area contributed by atoms with Crippen LogP contribution in [0.1, 0.15) is 39.5 Å². The molecule has 1 unspecified atom stereocenters. The Kier molecular flexibility index (Phi) is 7.66. The maximum Gasteiger partial charge on any atom is 0.191 e. The summed E-state index contributed by atoms with van der Waals surface area (Å²) in [7, 11) is 0. The Morgan fingerprint density at radius 3 is 2.79 bits per heavy atom. The summed E-state index contributed by atoms with van der Waals surface area (Å²) in [5, 5.41) is 17.0. The van der Waals surface area contributed by atoms with Crippen molar-refractivity contribution in [2.45, 2.75) is 57.8 Å². The molecule has 0 bridgehead atoms. The Labute approximate surface area is 149 Å². The van der Waals surface area contributed by atoms with Crippen molar-refractivity contribution in [2.24, 2.45) is 4.99 Å². The van der Waals surface area contributed by atoms with E-state index in [0.29, 0.717) is 17.6 Å². The van der Waals surface area contributed by atoms with Crippen molar-refractivity contribution < 1.29 is 9.84 Å². The summed E-state index contributed by atoms with van der Waals surface area (Å²) >= 11 is 5.97. The lowest BCUT2D eigenvalue weighted by Crippen LogP contribution is -2.45. The molecule has 0 aliphatic heterocycles. The summed E-state index contributed by atoms with van der Waals surface area (Å²) in [4.78, 5) is 4.62. The number of aliphatic imine (C=N–C) groups is 1. The van der Waals surface area contributed by atoms with Crippen LogP contribution in [0.15, 0.2) is 29.3 Å². The molecule has 0 saturated heterocycles. The Morgan fingerprint density at radius 1 is 1.38 bits per heavy atom. The molecule has 1 saturated carbocycles. The van der Waals surface area contributed by atoms with Crippen LogP contribution in [0.4, 0.5) is 0 Å². The van der Waals surface area contributed by atoms with Gasteiger partial charge in [-0.05, 0) is 57.7 Å². The van der Waals surface area contributed by atoms with Gasteiger partial charge in [0.2, 0.25) is 0 Å². The van der Waals surface area contributed by atoms with Crippen LogP contribution in [0.3, 0.4) is 0 Å². The van der Waals surface area contributed by atoms with Crippen LogP contribution >= 0.6 is 11.6 Å². The standard InChI is InChI=1S/C18H28ClN3O2/c1-3-20-18(22-15-7-9-16(23)10-8-15)21-12-13(2)24-17-6-4-5-14(19)11-17/h4-6,11,13,15-16,23H,3,7-10,12H2,1-2H3,(H2,20,21,22). The molecule has 1 fully saturated rings. The molecule has 0 aromatic heterocycles. The minimum Gasteiger partial charge on any atom is -0.489 e. The van der Waals surface area contributed by atoms with Gasteiger partial charge in [0.15, 0.2) is 5.96 Å². The van der Waals surface area contributed by atoms with Crippen LogP contribution < -0.4 is 15.4 Å². The number of halogens is 1. The van der Waals surface area contributed by atoms with E-state index in [1.807, 2.05) is 32.0 Å². The molecule has 0 amide bonds. The summed E-state index contributed by atoms with van der Waals surface area (Å²) in [5.41, 5.74) is 0. The lowest BCUT2D eigenvalue weighted by Gasteiger charge is -2.27. The largest absolute Gasteiger partial charge is 0.489 e. The molecule has 0 spiro atoms. The van der Waals surface area contributed by atoms with E-state index in [9.17, 15) is 5.11 Å². The zero-order chi connectivity index (χ0) is 17.4. The van der Waals surface area contributed by atoms with Crippen molar-refractivity contribution in [1.29, 1.82) is 0 Å². The number of hydrogen-bond acceptors (Lipinski definition) is 3. The third-order valence-electron chi connectivity index (χ3n) is 4.02. The lowest BCUT2D eigenvalue weighted by molar-refractivity contribution is 0.120. The van der Waals surface area contributed by atoms with Gasteiger partial charge >= 0.3 is 0 Å². The van der Waals surface area contributed by atoms with E-state index in [0.717, 1.165) is 43.9 Å². The van der Waals surface area contributed by atoms with E-state index >= 15 is 0 Å². The number of aliphatic hydroxyl groups is 1. The van der Waals surface area contributed by atoms with Crippen molar-refractivity contribution in [1.82, 2.24) is 10.6 Å². The first kappa shape index (κ1) is 18.9. The van der Waals surface area contributed by atoms with Crippen molar-refractivity contribution in [3.05, 3.63) is 29.3 Å². The number of benzene rings is 1. The predicted octanol–water partition coefficient (Wildman–Crippen LogP) is 2.97. The highest BCUT2D eigenvalue weighted by Crippen LogP contribution is 2.19. The molecule has 0 heterocycles. The van der Waals surface area contributed by atoms with E-state index in [4.69, 9.17) is 16.3 Å². The highest BCUT2D eigenvalue weighted by atomic mass is 35.5. The monoisotopic (exact) mass is 353 g/mol. The Bertz CT molecular complexity index is 531. The molecule has 1 aromatic carbocycles. The first-order valence-electron chi connectivity index (χ1n) is 8.72. The Balaban J connectivity index is 1.85. The zero-order valence-corrected chi connectivity index (χ0v) is 15.2. The quantitative estimate of drug-likeness (QED) is 0.543. The number of hydrogen-bond donors (Lipinski definition) is 3. The van der Waals surface area contributed by atoms with Crippen molar-refractivity contribution >= 4 is 17.6 Å². The summed E-state index contributed by atoms with van der Waals surface area (Å²) in [6, 6.07) is 7.76. The number of nitrogens with one attached hydrogen (secondary N) is 2. The molecular weight excluding hydrogens is 326 g/mol. The van der Waals surface area contributed by atoms with Gasteiger partial charge in [0.25, 0.3) is 0 Å². The van der Waals surface area contributed by atoms with Gasteiger partial charge in [0, 0.05) is 17.6 Å². The van der Waals surface area contributed by atoms with Gasteiger partial charge in [-0.2, -0.15) is 0 Å². The van der Waals surface area contributed by atoms with E-state index < -0.39 is 0 Å². The highest BCUT2D eigenvalue weighted by Gasteiger charge is 2.20. The number of ether oxygens (including phenoxy) is 1. The van der Waals surface area contributed by atoms with Crippen LogP contribution in [-0.4, -0.2) is 42.4 Å². The van der Waals surface area contributed by atoms with Gasteiger partial charge in [0.05, 0.1) is 12.6 Å². The predicted molar refractivity (Wildman–Crippen MR) is 98.9 cm³/mol. The van der Waals surface area contributed by atoms with Crippen molar-refractivity contribution in [2.75, 3.05) is 13.1 Å². The van der Waals surface area contributed by atoms with Crippen molar-refractivity contribution in [3.8, 4) is 5.75 Å². The third kappa shape index (κ3) is 6.57. The molecule has 5 nitrogen and oxygen atoms in total. The van der Waals surface area contributed by atoms with Gasteiger partial charge in [-0.25, -0.2) is 4.99 Å². The smallest absolute Gasteiger partial charge is 0.191 e. The molecule has 1 atom stereocenters. The maximum absolute atomic E-state index is 9.60. The van der Waals surface area contributed by atoms with Crippen LogP contribution in [0.2, 0.25) is 5.02 Å². The zero-order valence-electron chi connectivity index (χ0n) is 14.5. The molecule has 2 rings (SSSR count). The average Bonchev–Trinajstić information content (AvgIpc) is 2.55. The fraction of sp³-hybridized carbons (Fsp3) is 0.611. The van der Waals surface area contributed by atoms with Crippen molar-refractivity contribution in [3.63, 3.8) is 0 Å². The molecular formula is C18H28ClN3O2. The fourth-order valence-electron chi connectivity index (χ4n) is 2.76. The molecule has 0 radical (unpaired) electrons. The fourth-order valence-corrected chi connectivity index (χ4v) is 2.94. The molecule has 134 valence electrons. The minimum atomic E-state index is -0.145. The second-order valence-electron chi connectivity index (χ2n) is 6.26. The number of nitrogens with zero attached hydrogens (tertiary/aromatic N) is 1. The van der Waals surface area contributed by atoms with Crippen LogP contribution in [0, 0.1) is 0 Å². The van der Waals surface area contributed by atoms with Crippen LogP contribution in [0.5, 0.6) is 5.75 Å². The Morgan fingerprint density at radius 2 is 2.12 bits per heavy atom. The number of aliphatic hydroxyl groups excluding tert-OH is 1. The highest BCUT2D eigenvalue weighted by molar-refractivity contribution is 6.30. The molecule has 3 N–H and O–H groups in total. The molecule has 24 heavy (non-hydrogen) atoms. The summed E-state index contributed by atoms with van der Waals surface area (Å²) < 4.78 is 5.85. The number of rotatable bonds is 6. The topological polar surface area (TPSA) is 65.9 Å². The summed E-state index contributed by atoms with van der Waals surface area (Å²) in [5.74, 6) is 1.56. The van der Waals surface area contributed by atoms with E-state index in [1.165, 1.54) is 0 Å².